The fraction of sp³-hybridized carbons (Fsp3) is 0.500. The third kappa shape index (κ3) is 3.47. The molecule has 1 aromatic rings. The molecule has 1 amide bonds. The SMILES string of the molecule is CN1CCC(CNC(=O)c2cccc(O)c2)CC1. The highest BCUT2D eigenvalue weighted by molar-refractivity contribution is 5.94. The summed E-state index contributed by atoms with van der Waals surface area (Å²) in [5.41, 5.74) is 0.517. The van der Waals surface area contributed by atoms with E-state index < -0.39 is 0 Å². The van der Waals surface area contributed by atoms with Gasteiger partial charge in [-0.25, -0.2) is 0 Å². The minimum absolute atomic E-state index is 0.107. The Kier molecular flexibility index (Phi) is 4.20. The van der Waals surface area contributed by atoms with Crippen LogP contribution in [-0.2, 0) is 0 Å². The Labute approximate surface area is 108 Å². The van der Waals surface area contributed by atoms with Gasteiger partial charge in [0.25, 0.3) is 5.91 Å². The molecule has 0 radical (unpaired) electrons. The lowest BCUT2D eigenvalue weighted by molar-refractivity contribution is 0.0938. The Morgan fingerprint density at radius 1 is 1.44 bits per heavy atom. The second-order valence-corrected chi connectivity index (χ2v) is 5.01. The summed E-state index contributed by atoms with van der Waals surface area (Å²) in [6.45, 7) is 2.93. The number of carbonyl (C=O) groups is 1. The lowest BCUT2D eigenvalue weighted by atomic mass is 9.97. The van der Waals surface area contributed by atoms with Gasteiger partial charge in [-0.15, -0.1) is 0 Å². The molecule has 4 nitrogen and oxygen atoms in total. The van der Waals surface area contributed by atoms with Crippen LogP contribution < -0.4 is 5.32 Å². The summed E-state index contributed by atoms with van der Waals surface area (Å²) in [6.07, 6.45) is 2.27. The summed E-state index contributed by atoms with van der Waals surface area (Å²) in [4.78, 5) is 14.2. The van der Waals surface area contributed by atoms with E-state index in [4.69, 9.17) is 0 Å². The number of aromatic hydroxyl groups is 1. The number of likely N-dealkylation sites (tertiary alicyclic amines) is 1. The maximum atomic E-state index is 11.9. The van der Waals surface area contributed by atoms with E-state index >= 15 is 0 Å². The van der Waals surface area contributed by atoms with Crippen LogP contribution in [0.3, 0.4) is 0 Å². The van der Waals surface area contributed by atoms with Crippen LogP contribution in [0.5, 0.6) is 5.75 Å². The van der Waals surface area contributed by atoms with Crippen LogP contribution >= 0.6 is 0 Å². The Balaban J connectivity index is 1.81. The molecule has 0 aliphatic carbocycles. The number of nitrogens with zero attached hydrogens (tertiary/aromatic N) is 1. The average Bonchev–Trinajstić information content (AvgIpc) is 2.38. The zero-order valence-corrected chi connectivity index (χ0v) is 10.7. The van der Waals surface area contributed by atoms with Crippen LogP contribution in [0.15, 0.2) is 24.3 Å². The van der Waals surface area contributed by atoms with Gasteiger partial charge in [0.2, 0.25) is 0 Å². The van der Waals surface area contributed by atoms with Crippen LogP contribution in [0.2, 0.25) is 0 Å². The van der Waals surface area contributed by atoms with Crippen LogP contribution in [0.25, 0.3) is 0 Å². The third-order valence-electron chi connectivity index (χ3n) is 3.50. The standard InChI is InChI=1S/C14H20N2O2/c1-16-7-5-11(6-8-16)10-15-14(18)12-3-2-4-13(17)9-12/h2-4,9,11,17H,5-8,10H2,1H3,(H,15,18). The first-order chi connectivity index (χ1) is 8.65. The van der Waals surface area contributed by atoms with Gasteiger partial charge >= 0.3 is 0 Å². The predicted molar refractivity (Wildman–Crippen MR) is 70.7 cm³/mol. The van der Waals surface area contributed by atoms with Crippen molar-refractivity contribution in [1.29, 1.82) is 0 Å². The number of phenols is 1. The number of amides is 1. The number of hydrogen-bond donors (Lipinski definition) is 2. The molecule has 2 N–H and O–H groups in total. The molecule has 1 heterocycles. The second kappa shape index (κ2) is 5.87. The molecule has 0 saturated carbocycles. The molecular formula is C14H20N2O2. The topological polar surface area (TPSA) is 52.6 Å². The Bertz CT molecular complexity index is 412. The molecule has 1 aliphatic heterocycles. The molecule has 1 saturated heterocycles. The summed E-state index contributed by atoms with van der Waals surface area (Å²) in [7, 11) is 2.13. The number of rotatable bonds is 3. The van der Waals surface area contributed by atoms with Gasteiger partial charge in [0.1, 0.15) is 5.75 Å². The van der Waals surface area contributed by atoms with Crippen molar-refractivity contribution in [3.8, 4) is 5.75 Å². The summed E-state index contributed by atoms with van der Waals surface area (Å²) < 4.78 is 0. The van der Waals surface area contributed by atoms with Crippen molar-refractivity contribution in [1.82, 2.24) is 10.2 Å². The number of hydrogen-bond acceptors (Lipinski definition) is 3. The van der Waals surface area contributed by atoms with Crippen LogP contribution in [0.1, 0.15) is 23.2 Å². The lowest BCUT2D eigenvalue weighted by Gasteiger charge is -2.28. The molecule has 18 heavy (non-hydrogen) atoms. The molecule has 0 bridgehead atoms. The number of piperidine rings is 1. The second-order valence-electron chi connectivity index (χ2n) is 5.01. The van der Waals surface area contributed by atoms with E-state index in [0.717, 1.165) is 32.5 Å². The van der Waals surface area contributed by atoms with Crippen molar-refractivity contribution >= 4 is 5.91 Å². The summed E-state index contributed by atoms with van der Waals surface area (Å²) >= 11 is 0. The maximum Gasteiger partial charge on any atom is 0.251 e. The van der Waals surface area contributed by atoms with E-state index in [0.29, 0.717) is 11.5 Å². The predicted octanol–water partition coefficient (Wildman–Crippen LogP) is 1.46. The van der Waals surface area contributed by atoms with E-state index in [1.54, 1.807) is 18.2 Å². The van der Waals surface area contributed by atoms with E-state index in [1.165, 1.54) is 6.07 Å². The van der Waals surface area contributed by atoms with Crippen molar-refractivity contribution < 1.29 is 9.90 Å². The van der Waals surface area contributed by atoms with E-state index in [2.05, 4.69) is 17.3 Å². The molecule has 0 unspecified atom stereocenters. The van der Waals surface area contributed by atoms with Crippen LogP contribution in [0, 0.1) is 5.92 Å². The molecule has 1 aromatic carbocycles. The first-order valence-electron chi connectivity index (χ1n) is 6.41. The van der Waals surface area contributed by atoms with E-state index in [1.807, 2.05) is 0 Å². The van der Waals surface area contributed by atoms with Crippen LogP contribution in [0.4, 0.5) is 0 Å². The number of carbonyl (C=O) groups excluding carboxylic acids is 1. The van der Waals surface area contributed by atoms with E-state index in [9.17, 15) is 9.90 Å². The van der Waals surface area contributed by atoms with Crippen molar-refractivity contribution in [2.24, 2.45) is 5.92 Å². The van der Waals surface area contributed by atoms with Gasteiger partial charge in [-0.3, -0.25) is 4.79 Å². The zero-order valence-electron chi connectivity index (χ0n) is 10.7. The zero-order chi connectivity index (χ0) is 13.0. The third-order valence-corrected chi connectivity index (χ3v) is 3.50. The summed E-state index contributed by atoms with van der Waals surface area (Å²) in [5, 5.41) is 12.3. The Morgan fingerprint density at radius 2 is 2.17 bits per heavy atom. The molecule has 2 rings (SSSR count). The Morgan fingerprint density at radius 3 is 2.83 bits per heavy atom. The highest BCUT2D eigenvalue weighted by atomic mass is 16.3. The van der Waals surface area contributed by atoms with Gasteiger partial charge in [-0.1, -0.05) is 6.07 Å². The number of nitrogens with one attached hydrogen (secondary N) is 1. The minimum atomic E-state index is -0.107. The quantitative estimate of drug-likeness (QED) is 0.851. The average molecular weight is 248 g/mol. The van der Waals surface area contributed by atoms with Gasteiger partial charge in [0.05, 0.1) is 0 Å². The monoisotopic (exact) mass is 248 g/mol. The fourth-order valence-corrected chi connectivity index (χ4v) is 2.25. The smallest absolute Gasteiger partial charge is 0.251 e. The van der Waals surface area contributed by atoms with Gasteiger partial charge in [-0.05, 0) is 57.1 Å². The van der Waals surface area contributed by atoms with Gasteiger partial charge < -0.3 is 15.3 Å². The van der Waals surface area contributed by atoms with Crippen molar-refractivity contribution in [3.63, 3.8) is 0 Å². The van der Waals surface area contributed by atoms with Crippen molar-refractivity contribution in [3.05, 3.63) is 29.8 Å². The first kappa shape index (κ1) is 12.9. The molecule has 1 aliphatic rings. The molecule has 1 fully saturated rings. The summed E-state index contributed by atoms with van der Waals surface area (Å²) in [5.74, 6) is 0.592. The lowest BCUT2D eigenvalue weighted by Crippen LogP contribution is -2.36. The molecule has 4 heteroatoms. The number of phenolic OH excluding ortho intramolecular Hbond substituents is 1. The highest BCUT2D eigenvalue weighted by Crippen LogP contribution is 2.15. The molecule has 0 aromatic heterocycles. The van der Waals surface area contributed by atoms with Crippen molar-refractivity contribution in [2.75, 3.05) is 26.7 Å². The molecule has 0 spiro atoms. The maximum absolute atomic E-state index is 11.9. The van der Waals surface area contributed by atoms with Crippen LogP contribution in [-0.4, -0.2) is 42.6 Å². The normalized spacial score (nSPS) is 17.6. The summed E-state index contributed by atoms with van der Waals surface area (Å²) in [6, 6.07) is 6.45. The molecular weight excluding hydrogens is 228 g/mol. The largest absolute Gasteiger partial charge is 0.508 e. The van der Waals surface area contributed by atoms with Crippen molar-refractivity contribution in [2.45, 2.75) is 12.8 Å². The van der Waals surface area contributed by atoms with E-state index in [-0.39, 0.29) is 11.7 Å². The Hall–Kier alpha value is -1.55. The number of benzene rings is 1. The minimum Gasteiger partial charge on any atom is -0.508 e. The van der Waals surface area contributed by atoms with Gasteiger partial charge in [-0.2, -0.15) is 0 Å². The highest BCUT2D eigenvalue weighted by Gasteiger charge is 2.17. The fourth-order valence-electron chi connectivity index (χ4n) is 2.25. The van der Waals surface area contributed by atoms with Gasteiger partial charge in [0, 0.05) is 12.1 Å². The molecule has 98 valence electrons. The molecule has 0 atom stereocenters. The first-order valence-corrected chi connectivity index (χ1v) is 6.41. The van der Waals surface area contributed by atoms with Gasteiger partial charge in [0.15, 0.2) is 0 Å².